The van der Waals surface area contributed by atoms with Gasteiger partial charge in [-0.25, -0.2) is 9.18 Å². The minimum absolute atomic E-state index is 0.210. The van der Waals surface area contributed by atoms with Crippen molar-refractivity contribution < 1.29 is 23.8 Å². The van der Waals surface area contributed by atoms with Crippen molar-refractivity contribution in [2.75, 3.05) is 6.61 Å². The summed E-state index contributed by atoms with van der Waals surface area (Å²) >= 11 is 6.73. The highest BCUT2D eigenvalue weighted by atomic mass is 35.5. The molecule has 0 atom stereocenters. The highest BCUT2D eigenvalue weighted by molar-refractivity contribution is 6.34. The lowest BCUT2D eigenvalue weighted by atomic mass is 9.86. The first kappa shape index (κ1) is 24.7. The molecule has 6 heteroatoms. The molecule has 1 aromatic rings. The summed E-state index contributed by atoms with van der Waals surface area (Å²) in [5.74, 6) is -0.486. The van der Waals surface area contributed by atoms with Gasteiger partial charge in [-0.15, -0.1) is 0 Å². The maximum absolute atomic E-state index is 15.0. The number of carboxylic acids is 1. The van der Waals surface area contributed by atoms with Gasteiger partial charge in [0.1, 0.15) is 22.2 Å². The highest BCUT2D eigenvalue weighted by Gasteiger charge is 2.32. The Morgan fingerprint density at radius 3 is 2.52 bits per heavy atom. The topological polar surface area (TPSA) is 55.8 Å². The second-order valence-electron chi connectivity index (χ2n) is 8.37. The fourth-order valence-corrected chi connectivity index (χ4v) is 3.71. The van der Waals surface area contributed by atoms with Crippen LogP contribution in [0.5, 0.6) is 11.5 Å². The number of rotatable bonds is 7. The molecule has 0 aliphatic carbocycles. The molecule has 4 nitrogen and oxygen atoms in total. The van der Waals surface area contributed by atoms with E-state index >= 15 is 4.39 Å². The summed E-state index contributed by atoms with van der Waals surface area (Å²) in [6.07, 6.45) is 5.74. The molecule has 1 aromatic carbocycles. The van der Waals surface area contributed by atoms with Crippen LogP contribution < -0.4 is 9.47 Å². The van der Waals surface area contributed by atoms with E-state index in [4.69, 9.17) is 26.2 Å². The molecule has 0 radical (unpaired) electrons. The van der Waals surface area contributed by atoms with Crippen LogP contribution in [0.2, 0.25) is 5.02 Å². The molecule has 0 aromatic heterocycles. The second-order valence-corrected chi connectivity index (χ2v) is 8.75. The van der Waals surface area contributed by atoms with Gasteiger partial charge in [0.2, 0.25) is 0 Å². The van der Waals surface area contributed by atoms with E-state index in [-0.39, 0.29) is 5.92 Å². The molecule has 0 saturated heterocycles. The van der Waals surface area contributed by atoms with Gasteiger partial charge in [-0.1, -0.05) is 31.5 Å². The van der Waals surface area contributed by atoms with Gasteiger partial charge in [0.25, 0.3) is 0 Å². The van der Waals surface area contributed by atoms with Crippen LogP contribution >= 0.6 is 11.6 Å². The van der Waals surface area contributed by atoms with E-state index in [1.165, 1.54) is 12.2 Å². The van der Waals surface area contributed by atoms with Crippen molar-refractivity contribution in [2.45, 2.75) is 54.1 Å². The number of carboxylic acid groups (broad SMARTS) is 1. The van der Waals surface area contributed by atoms with Crippen LogP contribution in [0.1, 0.15) is 59.6 Å². The van der Waals surface area contributed by atoms with E-state index in [2.05, 4.69) is 19.9 Å². The smallest absolute Gasteiger partial charge is 0.328 e. The monoisotopic (exact) mass is 448 g/mol. The van der Waals surface area contributed by atoms with Gasteiger partial charge >= 0.3 is 5.97 Å². The molecule has 31 heavy (non-hydrogen) atoms. The Kier molecular flexibility index (Phi) is 7.77. The fraction of sp³-hybridized carbons (Fsp3) is 0.400. The lowest BCUT2D eigenvalue weighted by Crippen LogP contribution is -2.30. The molecule has 0 saturated carbocycles. The number of benzene rings is 1. The van der Waals surface area contributed by atoms with E-state index in [1.807, 2.05) is 26.8 Å². The van der Waals surface area contributed by atoms with Crippen molar-refractivity contribution in [3.63, 3.8) is 0 Å². The third-order valence-electron chi connectivity index (χ3n) is 4.87. The van der Waals surface area contributed by atoms with Crippen LogP contribution in [0.3, 0.4) is 0 Å². The van der Waals surface area contributed by atoms with Gasteiger partial charge in [0, 0.05) is 17.2 Å². The third kappa shape index (κ3) is 5.79. The molecule has 1 N–H and O–H groups in total. The average molecular weight is 449 g/mol. The molecule has 1 aliphatic rings. The summed E-state index contributed by atoms with van der Waals surface area (Å²) in [5.41, 5.74) is 2.64. The molecule has 1 heterocycles. The standard InChI is InChI=1S/C25H30ClFO4/c1-8-30-23-17(16(5)20(27)10-9-15(4)11-21(28)29)12-18-19(14(2)3)13-25(6,7)31-24(18)22(23)26/h9-14H,8H2,1-7H3,(H,28,29)/b10-9+,15-11+,20-16+. The first-order chi connectivity index (χ1) is 14.4. The number of halogens is 2. The van der Waals surface area contributed by atoms with Gasteiger partial charge in [0.15, 0.2) is 5.75 Å². The zero-order chi connectivity index (χ0) is 23.5. The Bertz CT molecular complexity index is 997. The summed E-state index contributed by atoms with van der Waals surface area (Å²) in [4.78, 5) is 10.8. The molecular formula is C25H30ClFO4. The lowest BCUT2D eigenvalue weighted by molar-refractivity contribution is -0.131. The summed E-state index contributed by atoms with van der Waals surface area (Å²) in [6, 6.07) is 1.86. The molecule has 1 aliphatic heterocycles. The zero-order valence-electron chi connectivity index (χ0n) is 19.1. The van der Waals surface area contributed by atoms with E-state index in [0.29, 0.717) is 39.8 Å². The van der Waals surface area contributed by atoms with Crippen molar-refractivity contribution in [1.29, 1.82) is 0 Å². The number of allylic oxidation sites excluding steroid dienone is 6. The Labute approximate surface area is 188 Å². The van der Waals surface area contributed by atoms with E-state index < -0.39 is 17.4 Å². The summed E-state index contributed by atoms with van der Waals surface area (Å²) in [6.45, 7) is 13.5. The van der Waals surface area contributed by atoms with Crippen LogP contribution in [0.4, 0.5) is 4.39 Å². The molecule has 0 unspecified atom stereocenters. The summed E-state index contributed by atoms with van der Waals surface area (Å²) in [7, 11) is 0. The minimum Gasteiger partial charge on any atom is -0.492 e. The fourth-order valence-electron chi connectivity index (χ4n) is 3.42. The van der Waals surface area contributed by atoms with Crippen LogP contribution in [0.25, 0.3) is 11.1 Å². The second kappa shape index (κ2) is 9.73. The van der Waals surface area contributed by atoms with Crippen LogP contribution in [-0.2, 0) is 4.79 Å². The molecule has 0 spiro atoms. The number of carbonyl (C=O) groups is 1. The van der Waals surface area contributed by atoms with Crippen molar-refractivity contribution >= 4 is 28.7 Å². The molecule has 0 fully saturated rings. The summed E-state index contributed by atoms with van der Waals surface area (Å²) < 4.78 is 27.0. The number of hydrogen-bond acceptors (Lipinski definition) is 3. The number of aliphatic carboxylic acids is 1. The van der Waals surface area contributed by atoms with Crippen LogP contribution in [0, 0.1) is 5.92 Å². The minimum atomic E-state index is -1.08. The Morgan fingerprint density at radius 1 is 1.32 bits per heavy atom. The van der Waals surface area contributed by atoms with Crippen molar-refractivity contribution in [2.24, 2.45) is 5.92 Å². The maximum Gasteiger partial charge on any atom is 0.328 e. The predicted octanol–water partition coefficient (Wildman–Crippen LogP) is 7.24. The molecule has 2 rings (SSSR count). The SMILES string of the molecule is CCOc1c(\C(C)=C(F)/C=C/C(C)=C/C(=O)O)cc2c(c1Cl)OC(C)(C)C=C2C(C)C. The Hall–Kier alpha value is -2.53. The average Bonchev–Trinajstić information content (AvgIpc) is 2.66. The highest BCUT2D eigenvalue weighted by Crippen LogP contribution is 2.50. The van der Waals surface area contributed by atoms with Gasteiger partial charge in [-0.3, -0.25) is 0 Å². The molecule has 168 valence electrons. The van der Waals surface area contributed by atoms with Gasteiger partial charge in [0.05, 0.1) is 6.61 Å². The van der Waals surface area contributed by atoms with E-state index in [1.54, 1.807) is 13.8 Å². The normalized spacial score (nSPS) is 16.6. The first-order valence-corrected chi connectivity index (χ1v) is 10.6. The molecule has 0 amide bonds. The lowest BCUT2D eigenvalue weighted by Gasteiger charge is -2.34. The Morgan fingerprint density at radius 2 is 1.97 bits per heavy atom. The number of hydrogen-bond donors (Lipinski definition) is 1. The number of ether oxygens (including phenoxy) is 2. The maximum atomic E-state index is 15.0. The van der Waals surface area contributed by atoms with Gasteiger partial charge in [-0.05, 0) is 75.5 Å². The van der Waals surface area contributed by atoms with Crippen LogP contribution in [0.15, 0.2) is 41.8 Å². The molecular weight excluding hydrogens is 419 g/mol. The summed E-state index contributed by atoms with van der Waals surface area (Å²) in [5, 5.41) is 9.13. The Balaban J connectivity index is 2.70. The van der Waals surface area contributed by atoms with Gasteiger partial charge in [-0.2, -0.15) is 0 Å². The quantitative estimate of drug-likeness (QED) is 0.353. The van der Waals surface area contributed by atoms with Crippen molar-refractivity contribution in [3.05, 3.63) is 57.9 Å². The largest absolute Gasteiger partial charge is 0.492 e. The van der Waals surface area contributed by atoms with Gasteiger partial charge < -0.3 is 14.6 Å². The molecule has 0 bridgehead atoms. The van der Waals surface area contributed by atoms with Crippen LogP contribution in [-0.4, -0.2) is 23.3 Å². The predicted molar refractivity (Wildman–Crippen MR) is 124 cm³/mol. The van der Waals surface area contributed by atoms with E-state index in [0.717, 1.165) is 17.2 Å². The van der Waals surface area contributed by atoms with Crippen molar-refractivity contribution in [3.8, 4) is 11.5 Å². The number of fused-ring (bicyclic) bond motifs is 1. The van der Waals surface area contributed by atoms with E-state index in [9.17, 15) is 4.79 Å². The van der Waals surface area contributed by atoms with Crippen molar-refractivity contribution in [1.82, 2.24) is 0 Å². The third-order valence-corrected chi connectivity index (χ3v) is 5.22. The first-order valence-electron chi connectivity index (χ1n) is 10.2. The zero-order valence-corrected chi connectivity index (χ0v) is 19.9.